The zero-order valence-corrected chi connectivity index (χ0v) is 13.8. The highest BCUT2D eigenvalue weighted by Crippen LogP contribution is 2.35. The number of carbonyl (C=O) groups excluding carboxylic acids is 1. The minimum Gasteiger partial charge on any atom is -0.347 e. The Morgan fingerprint density at radius 1 is 1.41 bits per heavy atom. The molecule has 0 unspecified atom stereocenters. The molecule has 2 bridgehead atoms. The molecule has 3 N–H and O–H groups in total. The van der Waals surface area contributed by atoms with Crippen molar-refractivity contribution >= 4 is 17.7 Å². The summed E-state index contributed by atoms with van der Waals surface area (Å²) < 4.78 is 1.90. The van der Waals surface area contributed by atoms with E-state index in [1.807, 2.05) is 21.6 Å². The number of hydrogen-bond donors (Lipinski definition) is 1. The summed E-state index contributed by atoms with van der Waals surface area (Å²) in [6, 6.07) is 5.34. The molecule has 5 nitrogen and oxygen atoms in total. The fourth-order valence-corrected chi connectivity index (χ4v) is 4.24. The van der Waals surface area contributed by atoms with Gasteiger partial charge in [0.15, 0.2) is 6.04 Å². The van der Waals surface area contributed by atoms with E-state index in [4.69, 9.17) is 0 Å². The molecule has 3 atom stereocenters. The summed E-state index contributed by atoms with van der Waals surface area (Å²) in [6.45, 7) is 2.23. The van der Waals surface area contributed by atoms with Gasteiger partial charge in [0.2, 0.25) is 0 Å². The Balaban J connectivity index is 1.76. The molecule has 2 aliphatic rings. The summed E-state index contributed by atoms with van der Waals surface area (Å²) in [5.74, 6) is 1.83. The molecular weight excluding hydrogens is 298 g/mol. The number of hydrogen-bond acceptors (Lipinski definition) is 3. The van der Waals surface area contributed by atoms with E-state index in [1.54, 1.807) is 17.8 Å². The van der Waals surface area contributed by atoms with Crippen molar-refractivity contribution in [3.05, 3.63) is 34.2 Å². The number of aromatic nitrogens is 1. The Morgan fingerprint density at radius 2 is 2.23 bits per heavy atom. The molecule has 0 spiro atoms. The van der Waals surface area contributed by atoms with Crippen molar-refractivity contribution < 1.29 is 10.5 Å². The number of carbonyl (C=O) groups is 1. The summed E-state index contributed by atoms with van der Waals surface area (Å²) in [7, 11) is 0. The number of nitrogens with zero attached hydrogens (tertiary/aromatic N) is 2. The van der Waals surface area contributed by atoms with Gasteiger partial charge in [-0.05, 0) is 30.4 Å². The fourth-order valence-electron chi connectivity index (χ4n) is 3.72. The summed E-state index contributed by atoms with van der Waals surface area (Å²) in [4.78, 5) is 26.6. The van der Waals surface area contributed by atoms with E-state index in [0.29, 0.717) is 5.92 Å². The summed E-state index contributed by atoms with van der Waals surface area (Å²) in [5.41, 5.74) is 5.22. The Hall–Kier alpha value is -1.27. The number of rotatable bonds is 4. The first-order chi connectivity index (χ1) is 10.6. The number of pyridine rings is 1. The summed E-state index contributed by atoms with van der Waals surface area (Å²) in [5, 5.41) is 0. The molecule has 6 heteroatoms. The average Bonchev–Trinajstić information content (AvgIpc) is 2.52. The van der Waals surface area contributed by atoms with Crippen LogP contribution in [0.15, 0.2) is 23.0 Å². The molecule has 3 rings (SSSR count). The molecule has 0 aromatic carbocycles. The quantitative estimate of drug-likeness (QED) is 0.858. The van der Waals surface area contributed by atoms with E-state index in [1.165, 1.54) is 0 Å². The van der Waals surface area contributed by atoms with Gasteiger partial charge >= 0.3 is 0 Å². The lowest BCUT2D eigenvalue weighted by molar-refractivity contribution is -0.406. The van der Waals surface area contributed by atoms with Crippen LogP contribution in [-0.2, 0) is 11.3 Å². The van der Waals surface area contributed by atoms with Crippen molar-refractivity contribution in [1.82, 2.24) is 9.47 Å². The van der Waals surface area contributed by atoms with Gasteiger partial charge in [-0.15, -0.1) is 0 Å². The molecule has 1 aromatic rings. The van der Waals surface area contributed by atoms with E-state index in [-0.39, 0.29) is 23.4 Å². The highest BCUT2D eigenvalue weighted by Gasteiger charge is 2.37. The second-order valence-corrected chi connectivity index (χ2v) is 7.41. The molecule has 2 aliphatic heterocycles. The number of fused-ring (bicyclic) bond motifs is 4. The maximum Gasteiger partial charge on any atom is 0.280 e. The zero-order chi connectivity index (χ0) is 15.7. The Labute approximate surface area is 134 Å². The number of thioether (sulfide) groups is 1. The van der Waals surface area contributed by atoms with Gasteiger partial charge in [-0.2, -0.15) is 11.8 Å². The molecule has 22 heavy (non-hydrogen) atoms. The molecule has 120 valence electrons. The first-order valence-electron chi connectivity index (χ1n) is 7.90. The van der Waals surface area contributed by atoms with Crippen LogP contribution in [-0.4, -0.2) is 46.5 Å². The van der Waals surface area contributed by atoms with Crippen LogP contribution in [0.2, 0.25) is 0 Å². The first kappa shape index (κ1) is 15.6. The number of piperidine rings is 1. The lowest BCUT2D eigenvalue weighted by atomic mass is 9.83. The van der Waals surface area contributed by atoms with Crippen LogP contribution in [0.5, 0.6) is 0 Å². The highest BCUT2D eigenvalue weighted by molar-refractivity contribution is 7.98. The van der Waals surface area contributed by atoms with Crippen LogP contribution in [0.25, 0.3) is 0 Å². The Morgan fingerprint density at radius 3 is 3.00 bits per heavy atom. The van der Waals surface area contributed by atoms with E-state index in [0.717, 1.165) is 43.9 Å². The molecule has 3 heterocycles. The maximum absolute atomic E-state index is 12.6. The number of amides is 1. The van der Waals surface area contributed by atoms with Crippen LogP contribution in [0.4, 0.5) is 0 Å². The second kappa shape index (κ2) is 6.46. The molecule has 0 radical (unpaired) electrons. The summed E-state index contributed by atoms with van der Waals surface area (Å²) in [6.07, 6.45) is 3.97. The van der Waals surface area contributed by atoms with Crippen molar-refractivity contribution in [1.29, 1.82) is 0 Å². The van der Waals surface area contributed by atoms with Crippen LogP contribution in [0.3, 0.4) is 0 Å². The maximum atomic E-state index is 12.6. The average molecular weight is 322 g/mol. The normalized spacial score (nSPS) is 24.7. The monoisotopic (exact) mass is 322 g/mol. The standard InChI is InChI=1S/C16H23N3O2S/c1-22-6-5-13(17)16(21)18-8-11-7-12(10-18)14-3-2-4-15(20)19(14)9-11/h2-4,11-13H,5-10,17H2,1H3/p+1/t11-,12+,13+/m1/s1. The molecule has 1 saturated heterocycles. The van der Waals surface area contributed by atoms with E-state index >= 15 is 0 Å². The third-order valence-corrected chi connectivity index (χ3v) is 5.46. The lowest BCUT2D eigenvalue weighted by Gasteiger charge is -2.43. The van der Waals surface area contributed by atoms with Gasteiger partial charge in [0.1, 0.15) is 0 Å². The first-order valence-corrected chi connectivity index (χ1v) is 9.30. The third-order valence-electron chi connectivity index (χ3n) is 4.81. The van der Waals surface area contributed by atoms with E-state index in [2.05, 4.69) is 12.0 Å². The molecule has 1 amide bonds. The van der Waals surface area contributed by atoms with Crippen molar-refractivity contribution in [2.24, 2.45) is 5.92 Å². The van der Waals surface area contributed by atoms with Gasteiger partial charge in [-0.1, -0.05) is 6.07 Å². The van der Waals surface area contributed by atoms with Crippen molar-refractivity contribution in [3.8, 4) is 0 Å². The van der Waals surface area contributed by atoms with Crippen LogP contribution < -0.4 is 11.3 Å². The highest BCUT2D eigenvalue weighted by atomic mass is 32.2. The second-order valence-electron chi connectivity index (χ2n) is 6.42. The Kier molecular flexibility index (Phi) is 4.59. The molecule has 0 saturated carbocycles. The van der Waals surface area contributed by atoms with Crippen LogP contribution in [0.1, 0.15) is 24.5 Å². The molecular formula is C16H24N3O2S+. The van der Waals surface area contributed by atoms with Crippen LogP contribution in [0, 0.1) is 5.92 Å². The van der Waals surface area contributed by atoms with Crippen molar-refractivity contribution in [3.63, 3.8) is 0 Å². The minimum atomic E-state index is -0.149. The Bertz CT molecular complexity index is 616. The van der Waals surface area contributed by atoms with Gasteiger partial charge in [-0.3, -0.25) is 9.59 Å². The van der Waals surface area contributed by atoms with Gasteiger partial charge in [0, 0.05) is 43.7 Å². The van der Waals surface area contributed by atoms with Gasteiger partial charge in [0.25, 0.3) is 11.5 Å². The predicted molar refractivity (Wildman–Crippen MR) is 87.8 cm³/mol. The van der Waals surface area contributed by atoms with Gasteiger partial charge in [0.05, 0.1) is 0 Å². The minimum absolute atomic E-state index is 0.0852. The van der Waals surface area contributed by atoms with E-state index in [9.17, 15) is 9.59 Å². The van der Waals surface area contributed by atoms with Gasteiger partial charge < -0.3 is 15.2 Å². The zero-order valence-electron chi connectivity index (χ0n) is 13.0. The molecule has 0 aliphatic carbocycles. The van der Waals surface area contributed by atoms with Crippen molar-refractivity contribution in [2.75, 3.05) is 25.1 Å². The van der Waals surface area contributed by atoms with Crippen LogP contribution >= 0.6 is 11.8 Å². The fraction of sp³-hybridized carbons (Fsp3) is 0.625. The van der Waals surface area contributed by atoms with E-state index < -0.39 is 0 Å². The largest absolute Gasteiger partial charge is 0.347 e. The van der Waals surface area contributed by atoms with Crippen molar-refractivity contribution in [2.45, 2.75) is 31.3 Å². The molecule has 1 aromatic heterocycles. The SMILES string of the molecule is CSCC[C@H]([NH3+])C(=O)N1C[C@H]2C[C@@H](C1)c1cccc(=O)n1C2. The predicted octanol–water partition coefficient (Wildman–Crippen LogP) is 0.158. The summed E-state index contributed by atoms with van der Waals surface area (Å²) >= 11 is 1.75. The smallest absolute Gasteiger partial charge is 0.280 e. The number of likely N-dealkylation sites (tertiary alicyclic amines) is 1. The molecule has 1 fully saturated rings. The number of quaternary nitrogens is 1. The topological polar surface area (TPSA) is 70.0 Å². The third kappa shape index (κ3) is 2.94. The van der Waals surface area contributed by atoms with Gasteiger partial charge in [-0.25, -0.2) is 0 Å². The lowest BCUT2D eigenvalue weighted by Crippen LogP contribution is -2.69.